The third-order valence-electron chi connectivity index (χ3n) is 4.05. The van der Waals surface area contributed by atoms with Crippen LogP contribution in [0.4, 0.5) is 5.95 Å². The molecule has 2 rings (SSSR count). The summed E-state index contributed by atoms with van der Waals surface area (Å²) in [6.45, 7) is 6.63. The van der Waals surface area contributed by atoms with E-state index in [-0.39, 0.29) is 23.8 Å². The molecule has 0 amide bonds. The summed E-state index contributed by atoms with van der Waals surface area (Å²) in [5.74, 6) is 1.90. The molecule has 7 heteroatoms. The lowest BCUT2D eigenvalue weighted by Gasteiger charge is -2.36. The Labute approximate surface area is 129 Å². The fourth-order valence-corrected chi connectivity index (χ4v) is 3.49. The van der Waals surface area contributed by atoms with E-state index in [0.29, 0.717) is 22.9 Å². The van der Waals surface area contributed by atoms with Crippen molar-refractivity contribution in [1.82, 2.24) is 15.2 Å². The molecule has 0 radical (unpaired) electrons. The molecule has 1 aliphatic rings. The van der Waals surface area contributed by atoms with E-state index in [2.05, 4.69) is 36.0 Å². The highest BCUT2D eigenvalue weighted by molar-refractivity contribution is 7.99. The minimum Gasteiger partial charge on any atom is -0.461 e. The molecule has 0 bridgehead atoms. The summed E-state index contributed by atoms with van der Waals surface area (Å²) in [6, 6.07) is 0. The van der Waals surface area contributed by atoms with Crippen LogP contribution < -0.4 is 5.73 Å². The molecule has 1 fully saturated rings. The first-order valence-electron chi connectivity index (χ1n) is 7.46. The summed E-state index contributed by atoms with van der Waals surface area (Å²) in [6.07, 6.45) is 3.37. The maximum atomic E-state index is 12.0. The van der Waals surface area contributed by atoms with Crippen LogP contribution in [0.3, 0.4) is 0 Å². The Balaban J connectivity index is 1.84. The molecule has 3 atom stereocenters. The molecular formula is C14H24N4O2S. The van der Waals surface area contributed by atoms with Crippen LogP contribution >= 0.6 is 11.8 Å². The molecule has 1 aliphatic carbocycles. The number of nitrogen functional groups attached to an aromatic ring is 1. The molecule has 1 saturated carbocycles. The van der Waals surface area contributed by atoms with E-state index in [1.54, 1.807) is 0 Å². The van der Waals surface area contributed by atoms with Crippen LogP contribution in [0.1, 0.15) is 40.0 Å². The monoisotopic (exact) mass is 312 g/mol. The predicted octanol–water partition coefficient (Wildman–Crippen LogP) is 2.48. The highest BCUT2D eigenvalue weighted by Gasteiger charge is 2.33. The van der Waals surface area contributed by atoms with E-state index in [4.69, 9.17) is 10.5 Å². The van der Waals surface area contributed by atoms with E-state index in [1.165, 1.54) is 18.2 Å². The highest BCUT2D eigenvalue weighted by atomic mass is 32.2. The first-order chi connectivity index (χ1) is 9.95. The quantitative estimate of drug-likeness (QED) is 0.641. The Bertz CT molecular complexity index is 477. The van der Waals surface area contributed by atoms with Gasteiger partial charge < -0.3 is 10.5 Å². The van der Waals surface area contributed by atoms with Gasteiger partial charge in [0.25, 0.3) is 0 Å². The molecule has 0 aromatic carbocycles. The SMILES string of the molecule is CC(C)[C@@H]1CC[C@H](C)C[C@H]1OC(=O)CSc1n[nH]c(N)n1. The van der Waals surface area contributed by atoms with Gasteiger partial charge in [-0.3, -0.25) is 4.79 Å². The standard InChI is InChI=1S/C14H24N4O2S/c1-8(2)10-5-4-9(3)6-11(10)20-12(19)7-21-14-16-13(15)17-18-14/h8-11H,4-7H2,1-3H3,(H3,15,16,17,18)/t9-,10-,11+/m0/s1. The minimum atomic E-state index is -0.201. The van der Waals surface area contributed by atoms with Crippen LogP contribution in [0.25, 0.3) is 0 Å². The lowest BCUT2D eigenvalue weighted by Crippen LogP contribution is -2.36. The Kier molecular flexibility index (Phi) is 5.50. The molecule has 1 aromatic rings. The summed E-state index contributed by atoms with van der Waals surface area (Å²) < 4.78 is 5.71. The molecular weight excluding hydrogens is 288 g/mol. The summed E-state index contributed by atoms with van der Waals surface area (Å²) in [5.41, 5.74) is 5.44. The number of esters is 1. The van der Waals surface area contributed by atoms with Crippen LogP contribution in [0.2, 0.25) is 0 Å². The van der Waals surface area contributed by atoms with E-state index in [1.807, 2.05) is 0 Å². The molecule has 1 aromatic heterocycles. The van der Waals surface area contributed by atoms with Crippen molar-refractivity contribution in [2.45, 2.75) is 51.3 Å². The first-order valence-corrected chi connectivity index (χ1v) is 8.44. The number of nitrogens with zero attached hydrogens (tertiary/aromatic N) is 2. The number of nitrogens with one attached hydrogen (secondary N) is 1. The predicted molar refractivity (Wildman–Crippen MR) is 82.7 cm³/mol. The van der Waals surface area contributed by atoms with E-state index in [9.17, 15) is 4.79 Å². The largest absolute Gasteiger partial charge is 0.461 e. The van der Waals surface area contributed by atoms with Crippen LogP contribution in [0.15, 0.2) is 5.16 Å². The zero-order valence-corrected chi connectivity index (χ0v) is 13.7. The van der Waals surface area contributed by atoms with Gasteiger partial charge >= 0.3 is 5.97 Å². The fourth-order valence-electron chi connectivity index (χ4n) is 2.90. The van der Waals surface area contributed by atoms with Crippen molar-refractivity contribution >= 4 is 23.7 Å². The number of H-pyrrole nitrogens is 1. The zero-order chi connectivity index (χ0) is 15.4. The Morgan fingerprint density at radius 2 is 2.29 bits per heavy atom. The zero-order valence-electron chi connectivity index (χ0n) is 12.8. The fraction of sp³-hybridized carbons (Fsp3) is 0.786. The summed E-state index contributed by atoms with van der Waals surface area (Å²) in [7, 11) is 0. The summed E-state index contributed by atoms with van der Waals surface area (Å²) >= 11 is 1.24. The molecule has 3 N–H and O–H groups in total. The summed E-state index contributed by atoms with van der Waals surface area (Å²) in [4.78, 5) is 16.0. The van der Waals surface area contributed by atoms with Crippen molar-refractivity contribution in [2.75, 3.05) is 11.5 Å². The highest BCUT2D eigenvalue weighted by Crippen LogP contribution is 2.35. The van der Waals surface area contributed by atoms with E-state index < -0.39 is 0 Å². The second kappa shape index (κ2) is 7.15. The Morgan fingerprint density at radius 1 is 1.52 bits per heavy atom. The van der Waals surface area contributed by atoms with E-state index in [0.717, 1.165) is 12.8 Å². The number of aromatic nitrogens is 3. The second-order valence-corrected chi connectivity index (χ2v) is 7.09. The average Bonchev–Trinajstić information content (AvgIpc) is 2.82. The first kappa shape index (κ1) is 16.1. The van der Waals surface area contributed by atoms with Crippen LogP contribution in [0.5, 0.6) is 0 Å². The molecule has 118 valence electrons. The van der Waals surface area contributed by atoms with Crippen molar-refractivity contribution in [1.29, 1.82) is 0 Å². The Hall–Kier alpha value is -1.24. The normalized spacial score (nSPS) is 26.0. The number of anilines is 1. The molecule has 0 spiro atoms. The number of aromatic amines is 1. The van der Waals surface area contributed by atoms with Crippen molar-refractivity contribution in [3.05, 3.63) is 0 Å². The molecule has 21 heavy (non-hydrogen) atoms. The van der Waals surface area contributed by atoms with Gasteiger partial charge in [0.15, 0.2) is 0 Å². The molecule has 0 unspecified atom stereocenters. The number of thioether (sulfide) groups is 1. The molecule has 0 aliphatic heterocycles. The van der Waals surface area contributed by atoms with Crippen LogP contribution in [-0.4, -0.2) is 33.0 Å². The Morgan fingerprint density at radius 3 is 2.90 bits per heavy atom. The van der Waals surface area contributed by atoms with Crippen molar-refractivity contribution in [3.8, 4) is 0 Å². The number of carbonyl (C=O) groups excluding carboxylic acids is 1. The van der Waals surface area contributed by atoms with Gasteiger partial charge in [-0.05, 0) is 30.6 Å². The van der Waals surface area contributed by atoms with Gasteiger partial charge in [-0.15, -0.1) is 5.10 Å². The number of carbonyl (C=O) groups is 1. The van der Waals surface area contributed by atoms with Gasteiger partial charge in [-0.2, -0.15) is 4.98 Å². The van der Waals surface area contributed by atoms with Gasteiger partial charge in [-0.25, -0.2) is 5.10 Å². The third-order valence-corrected chi connectivity index (χ3v) is 4.87. The number of hydrogen-bond donors (Lipinski definition) is 2. The lowest BCUT2D eigenvalue weighted by atomic mass is 9.75. The van der Waals surface area contributed by atoms with Crippen molar-refractivity contribution in [2.24, 2.45) is 17.8 Å². The number of hydrogen-bond acceptors (Lipinski definition) is 6. The van der Waals surface area contributed by atoms with Crippen molar-refractivity contribution in [3.63, 3.8) is 0 Å². The maximum Gasteiger partial charge on any atom is 0.316 e. The van der Waals surface area contributed by atoms with Crippen molar-refractivity contribution < 1.29 is 9.53 Å². The number of ether oxygens (including phenoxy) is 1. The van der Waals surface area contributed by atoms with Gasteiger partial charge in [0, 0.05) is 0 Å². The average molecular weight is 312 g/mol. The summed E-state index contributed by atoms with van der Waals surface area (Å²) in [5, 5.41) is 6.90. The smallest absolute Gasteiger partial charge is 0.316 e. The third kappa shape index (κ3) is 4.62. The van der Waals surface area contributed by atoms with Crippen LogP contribution in [0, 0.1) is 17.8 Å². The molecule has 6 nitrogen and oxygen atoms in total. The van der Waals surface area contributed by atoms with Gasteiger partial charge in [0.1, 0.15) is 6.10 Å². The second-order valence-electron chi connectivity index (χ2n) is 6.15. The molecule has 0 saturated heterocycles. The van der Waals surface area contributed by atoms with E-state index >= 15 is 0 Å². The van der Waals surface area contributed by atoms with Gasteiger partial charge in [0.05, 0.1) is 5.75 Å². The van der Waals surface area contributed by atoms with Gasteiger partial charge in [-0.1, -0.05) is 39.0 Å². The number of rotatable bonds is 5. The molecule has 1 heterocycles. The number of nitrogens with two attached hydrogens (primary N) is 1. The maximum absolute atomic E-state index is 12.0. The van der Waals surface area contributed by atoms with Gasteiger partial charge in [0.2, 0.25) is 11.1 Å². The van der Waals surface area contributed by atoms with Crippen LogP contribution in [-0.2, 0) is 9.53 Å². The lowest BCUT2D eigenvalue weighted by molar-refractivity contribution is -0.152. The topological polar surface area (TPSA) is 93.9 Å². The minimum absolute atomic E-state index is 0.0408.